The monoisotopic (exact) mass is 597 g/mol. The lowest BCUT2D eigenvalue weighted by atomic mass is 10.1. The summed E-state index contributed by atoms with van der Waals surface area (Å²) in [6.07, 6.45) is 2.48. The third-order valence-electron chi connectivity index (χ3n) is 5.69. The van der Waals surface area contributed by atoms with Crippen LogP contribution >= 0.6 is 0 Å². The maximum atomic E-state index is 13.0. The first-order valence-electron chi connectivity index (χ1n) is 13.1. The molecule has 0 saturated heterocycles. The largest absolute Gasteiger partial charge is 0.449 e. The number of benzene rings is 2. The second-order valence-electron chi connectivity index (χ2n) is 8.81. The molecule has 2 aromatic carbocycles. The predicted molar refractivity (Wildman–Crippen MR) is 160 cm³/mol. The van der Waals surface area contributed by atoms with Gasteiger partial charge in [-0.05, 0) is 54.3 Å². The number of rotatable bonds is 12. The van der Waals surface area contributed by atoms with Gasteiger partial charge in [0.15, 0.2) is 0 Å². The van der Waals surface area contributed by atoms with E-state index in [9.17, 15) is 22.8 Å². The Morgan fingerprint density at radius 3 is 2.60 bits per heavy atom. The minimum Gasteiger partial charge on any atom is -0.449 e. The molecule has 0 aliphatic carbocycles. The number of H-pyrrole nitrogens is 1. The Kier molecular flexibility index (Phi) is 14.3. The van der Waals surface area contributed by atoms with Gasteiger partial charge in [0.1, 0.15) is 24.5 Å². The van der Waals surface area contributed by atoms with Crippen molar-refractivity contribution in [3.05, 3.63) is 88.0 Å². The van der Waals surface area contributed by atoms with E-state index in [0.717, 1.165) is 23.5 Å². The van der Waals surface area contributed by atoms with Gasteiger partial charge in [-0.1, -0.05) is 24.1 Å². The number of hydrogen-bond acceptors (Lipinski definition) is 9. The van der Waals surface area contributed by atoms with Gasteiger partial charge in [0.2, 0.25) is 0 Å². The first kappa shape index (κ1) is 34.4. The lowest BCUT2D eigenvalue weighted by Gasteiger charge is -2.15. The molecule has 3 aromatic rings. The number of aryl methyl sites for hydroxylation is 1. The van der Waals surface area contributed by atoms with Crippen LogP contribution in [0.3, 0.4) is 0 Å². The van der Waals surface area contributed by atoms with Crippen LogP contribution in [0.1, 0.15) is 44.1 Å². The summed E-state index contributed by atoms with van der Waals surface area (Å²) in [5.41, 5.74) is 8.07. The molecule has 0 aliphatic rings. The quantitative estimate of drug-likeness (QED) is 0.0463. The summed E-state index contributed by atoms with van der Waals surface area (Å²) in [6, 6.07) is 9.52. The Hall–Kier alpha value is -4.77. The van der Waals surface area contributed by atoms with E-state index in [1.165, 1.54) is 12.3 Å². The first-order chi connectivity index (χ1) is 20.6. The maximum absolute atomic E-state index is 13.0. The summed E-state index contributed by atoms with van der Waals surface area (Å²) in [4.78, 5) is 28.9. The molecule has 0 saturated carbocycles. The number of nitrogens with two attached hydrogens (primary N) is 1. The second-order valence-corrected chi connectivity index (χ2v) is 8.81. The molecule has 13 heteroatoms. The summed E-state index contributed by atoms with van der Waals surface area (Å²) in [7, 11) is 1.56. The SMILES string of the molecule is CNc1ccc(CNCCNCC(=O)OCN)c(C(F)(F)F)c1.Cc1ccc(C=O)cc1C#Cc1cnc(/C=C\C=N)[nH]1. The molecule has 0 unspecified atom stereocenters. The Labute approximate surface area is 247 Å². The van der Waals surface area contributed by atoms with Gasteiger partial charge in [-0.15, -0.1) is 0 Å². The molecule has 0 amide bonds. The van der Waals surface area contributed by atoms with Crippen LogP contribution in [-0.4, -0.2) is 61.9 Å². The van der Waals surface area contributed by atoms with E-state index < -0.39 is 17.7 Å². The Balaban J connectivity index is 0.000000303. The van der Waals surface area contributed by atoms with E-state index >= 15 is 0 Å². The number of aldehydes is 1. The summed E-state index contributed by atoms with van der Waals surface area (Å²) in [5, 5.41) is 15.3. The van der Waals surface area contributed by atoms with Gasteiger partial charge < -0.3 is 31.1 Å². The normalized spacial score (nSPS) is 10.7. The molecule has 1 aromatic heterocycles. The second kappa shape index (κ2) is 17.9. The fourth-order valence-electron chi connectivity index (χ4n) is 3.49. The van der Waals surface area contributed by atoms with Gasteiger partial charge >= 0.3 is 12.1 Å². The lowest BCUT2D eigenvalue weighted by molar-refractivity contribution is -0.142. The molecule has 3 rings (SSSR count). The van der Waals surface area contributed by atoms with Crippen molar-refractivity contribution in [3.63, 3.8) is 0 Å². The van der Waals surface area contributed by atoms with Crippen molar-refractivity contribution in [2.45, 2.75) is 19.6 Å². The highest BCUT2D eigenvalue weighted by Gasteiger charge is 2.33. The third kappa shape index (κ3) is 12.3. The number of ether oxygens (including phenoxy) is 1. The molecule has 0 atom stereocenters. The Morgan fingerprint density at radius 2 is 1.93 bits per heavy atom. The van der Waals surface area contributed by atoms with Crippen LogP contribution in [-0.2, 0) is 22.3 Å². The molecule has 0 radical (unpaired) electrons. The van der Waals surface area contributed by atoms with E-state index in [-0.39, 0.29) is 25.4 Å². The zero-order valence-electron chi connectivity index (χ0n) is 23.8. The van der Waals surface area contributed by atoms with Crippen LogP contribution in [0.25, 0.3) is 6.08 Å². The van der Waals surface area contributed by atoms with Crippen LogP contribution in [0.15, 0.2) is 48.7 Å². The van der Waals surface area contributed by atoms with E-state index in [2.05, 4.69) is 42.5 Å². The highest BCUT2D eigenvalue weighted by atomic mass is 19.4. The van der Waals surface area contributed by atoms with Gasteiger partial charge in [0.05, 0.1) is 18.3 Å². The number of nitrogens with zero attached hydrogens (tertiary/aromatic N) is 1. The Morgan fingerprint density at radius 1 is 1.16 bits per heavy atom. The number of aromatic nitrogens is 2. The molecular weight excluding hydrogens is 563 g/mol. The van der Waals surface area contributed by atoms with E-state index in [0.29, 0.717) is 35.9 Å². The number of alkyl halides is 3. The number of aromatic amines is 1. The summed E-state index contributed by atoms with van der Waals surface area (Å²) in [6.45, 7) is 2.67. The number of hydrogen-bond donors (Lipinski definition) is 6. The van der Waals surface area contributed by atoms with Crippen LogP contribution in [0.5, 0.6) is 0 Å². The molecule has 0 bridgehead atoms. The topological polar surface area (TPSA) is 158 Å². The summed E-state index contributed by atoms with van der Waals surface area (Å²) < 4.78 is 43.6. The van der Waals surface area contributed by atoms with E-state index in [1.54, 1.807) is 43.6 Å². The van der Waals surface area contributed by atoms with Gasteiger partial charge in [0.25, 0.3) is 0 Å². The van der Waals surface area contributed by atoms with Crippen molar-refractivity contribution in [2.24, 2.45) is 5.73 Å². The van der Waals surface area contributed by atoms with Gasteiger partial charge in [-0.25, -0.2) is 4.98 Å². The fourth-order valence-corrected chi connectivity index (χ4v) is 3.49. The molecular formula is C30H34F3N7O3. The van der Waals surface area contributed by atoms with Crippen LogP contribution in [0.2, 0.25) is 0 Å². The maximum Gasteiger partial charge on any atom is 0.416 e. The molecule has 228 valence electrons. The molecule has 7 N–H and O–H groups in total. The van der Waals surface area contributed by atoms with Crippen LogP contribution in [0, 0.1) is 24.2 Å². The Bertz CT molecular complexity index is 1460. The average molecular weight is 598 g/mol. The lowest BCUT2D eigenvalue weighted by Crippen LogP contribution is -2.32. The highest BCUT2D eigenvalue weighted by Crippen LogP contribution is 2.33. The smallest absolute Gasteiger partial charge is 0.416 e. The standard InChI is InChI=1S/C16H13N3O.C14H21F3N4O2/c1-12-4-5-13(11-20)9-14(12)6-7-15-10-18-16(19-15)3-2-8-17;1-19-11-3-2-10(12(6-11)14(15,16)17)7-20-4-5-21-8-13(22)23-9-18/h2-5,8-11,17H,1H3,(H,18,19);2-3,6,19-21H,4-5,7-9,18H2,1H3/b3-2-,17-8?;. The zero-order chi connectivity index (χ0) is 31.7. The fraction of sp³-hybridized carbons (Fsp3) is 0.267. The van der Waals surface area contributed by atoms with Crippen LogP contribution in [0.4, 0.5) is 18.9 Å². The molecule has 10 nitrogen and oxygen atoms in total. The third-order valence-corrected chi connectivity index (χ3v) is 5.69. The molecule has 0 spiro atoms. The van der Waals surface area contributed by atoms with Gasteiger partial charge in [-0.2, -0.15) is 13.2 Å². The zero-order valence-corrected chi connectivity index (χ0v) is 23.8. The number of esters is 1. The molecule has 0 fully saturated rings. The molecule has 43 heavy (non-hydrogen) atoms. The minimum absolute atomic E-state index is 0.00352. The highest BCUT2D eigenvalue weighted by molar-refractivity contribution is 5.76. The molecule has 1 heterocycles. The first-order valence-corrected chi connectivity index (χ1v) is 13.1. The predicted octanol–water partition coefficient (Wildman–Crippen LogP) is 3.48. The number of anilines is 1. The van der Waals surface area contributed by atoms with E-state index in [4.69, 9.17) is 11.1 Å². The van der Waals surface area contributed by atoms with Gasteiger partial charge in [0, 0.05) is 49.7 Å². The number of nitrogens with one attached hydrogen (secondary N) is 5. The van der Waals surface area contributed by atoms with Crippen molar-refractivity contribution in [3.8, 4) is 11.8 Å². The number of imidazole rings is 1. The van der Waals surface area contributed by atoms with Crippen LogP contribution < -0.4 is 21.7 Å². The number of carbonyl (C=O) groups is 2. The van der Waals surface area contributed by atoms with Gasteiger partial charge in [-0.3, -0.25) is 15.3 Å². The van der Waals surface area contributed by atoms with Crippen molar-refractivity contribution in [1.29, 1.82) is 5.41 Å². The minimum atomic E-state index is -4.41. The van der Waals surface area contributed by atoms with Crippen molar-refractivity contribution < 1.29 is 27.5 Å². The van der Waals surface area contributed by atoms with E-state index in [1.807, 2.05) is 13.0 Å². The summed E-state index contributed by atoms with van der Waals surface area (Å²) in [5.74, 6) is 6.17. The van der Waals surface area contributed by atoms with Crippen molar-refractivity contribution in [2.75, 3.05) is 38.7 Å². The summed E-state index contributed by atoms with van der Waals surface area (Å²) >= 11 is 0. The van der Waals surface area contributed by atoms with Crippen molar-refractivity contribution in [1.82, 2.24) is 20.6 Å². The number of halogens is 3. The van der Waals surface area contributed by atoms with Crippen molar-refractivity contribution >= 4 is 30.2 Å². The average Bonchev–Trinajstić information content (AvgIpc) is 3.45. The molecule has 0 aliphatic heterocycles. The number of carbonyl (C=O) groups excluding carboxylic acids is 2. The number of allylic oxidation sites excluding steroid dienone is 1.